The van der Waals surface area contributed by atoms with E-state index in [1.807, 2.05) is 0 Å². The van der Waals surface area contributed by atoms with E-state index in [0.717, 1.165) is 15.4 Å². The number of hydrogen-bond acceptors (Lipinski definition) is 2. The molecule has 0 spiro atoms. The standard InChI is InChI=1S/C9H11BrN2S2/c10-8-4-3-7(14-8)5-11-9(13)12-6-1-2-6/h3-4,6H,1-2,5H2,(H2,11,12,13). The van der Waals surface area contributed by atoms with Crippen molar-refractivity contribution >= 4 is 44.6 Å². The molecule has 0 atom stereocenters. The lowest BCUT2D eigenvalue weighted by Crippen LogP contribution is -2.35. The van der Waals surface area contributed by atoms with E-state index in [4.69, 9.17) is 12.2 Å². The van der Waals surface area contributed by atoms with Crippen molar-refractivity contribution in [1.29, 1.82) is 0 Å². The first-order chi connectivity index (χ1) is 6.74. The van der Waals surface area contributed by atoms with Crippen LogP contribution in [0.15, 0.2) is 15.9 Å². The van der Waals surface area contributed by atoms with Gasteiger partial charge >= 0.3 is 0 Å². The van der Waals surface area contributed by atoms with Crippen LogP contribution in [0.2, 0.25) is 0 Å². The van der Waals surface area contributed by atoms with Crippen molar-refractivity contribution in [2.45, 2.75) is 25.4 Å². The van der Waals surface area contributed by atoms with Crippen LogP contribution in [0.4, 0.5) is 0 Å². The van der Waals surface area contributed by atoms with Gasteiger partial charge in [0.2, 0.25) is 0 Å². The van der Waals surface area contributed by atoms with Crippen LogP contribution in [0, 0.1) is 0 Å². The molecule has 0 radical (unpaired) electrons. The third-order valence-electron chi connectivity index (χ3n) is 1.96. The van der Waals surface area contributed by atoms with Gasteiger partial charge in [-0.2, -0.15) is 0 Å². The maximum Gasteiger partial charge on any atom is 0.166 e. The van der Waals surface area contributed by atoms with Gasteiger partial charge in [0.25, 0.3) is 0 Å². The SMILES string of the molecule is S=C(NCc1ccc(Br)s1)NC1CC1. The quantitative estimate of drug-likeness (QED) is 0.837. The Kier molecular flexibility index (Phi) is 3.41. The molecule has 0 amide bonds. The summed E-state index contributed by atoms with van der Waals surface area (Å²) in [4.78, 5) is 1.29. The summed E-state index contributed by atoms with van der Waals surface area (Å²) in [7, 11) is 0. The van der Waals surface area contributed by atoms with Crippen molar-refractivity contribution in [2.24, 2.45) is 0 Å². The summed E-state index contributed by atoms with van der Waals surface area (Å²) < 4.78 is 1.16. The van der Waals surface area contributed by atoms with Gasteiger partial charge in [-0.1, -0.05) is 0 Å². The third-order valence-corrected chi connectivity index (χ3v) is 3.85. The molecule has 1 fully saturated rings. The number of rotatable bonds is 3. The van der Waals surface area contributed by atoms with Gasteiger partial charge in [0, 0.05) is 10.9 Å². The molecule has 2 N–H and O–H groups in total. The highest BCUT2D eigenvalue weighted by molar-refractivity contribution is 9.11. The molecule has 2 rings (SSSR count). The van der Waals surface area contributed by atoms with E-state index in [2.05, 4.69) is 38.7 Å². The number of thiocarbonyl (C=S) groups is 1. The van der Waals surface area contributed by atoms with Gasteiger partial charge < -0.3 is 10.6 Å². The fourth-order valence-corrected chi connectivity index (χ4v) is 2.74. The minimum absolute atomic E-state index is 0.630. The van der Waals surface area contributed by atoms with Crippen molar-refractivity contribution in [3.05, 3.63) is 20.8 Å². The summed E-state index contributed by atoms with van der Waals surface area (Å²) in [6.07, 6.45) is 2.51. The molecule has 0 unspecified atom stereocenters. The zero-order valence-electron chi connectivity index (χ0n) is 7.55. The van der Waals surface area contributed by atoms with E-state index in [9.17, 15) is 0 Å². The Bertz CT molecular complexity index is 333. The van der Waals surface area contributed by atoms with E-state index in [1.165, 1.54) is 17.7 Å². The Morgan fingerprint density at radius 3 is 2.93 bits per heavy atom. The number of thiophene rings is 1. The summed E-state index contributed by atoms with van der Waals surface area (Å²) >= 11 is 10.3. The second kappa shape index (κ2) is 4.59. The highest BCUT2D eigenvalue weighted by Gasteiger charge is 2.21. The van der Waals surface area contributed by atoms with Crippen LogP contribution < -0.4 is 10.6 Å². The molecule has 1 aliphatic rings. The molecule has 1 aromatic rings. The topological polar surface area (TPSA) is 24.1 Å². The predicted molar refractivity (Wildman–Crippen MR) is 67.6 cm³/mol. The summed E-state index contributed by atoms with van der Waals surface area (Å²) in [5.41, 5.74) is 0. The monoisotopic (exact) mass is 290 g/mol. The zero-order chi connectivity index (χ0) is 9.97. The van der Waals surface area contributed by atoms with Crippen molar-refractivity contribution in [1.82, 2.24) is 10.6 Å². The predicted octanol–water partition coefficient (Wildman–Crippen LogP) is 2.64. The first-order valence-electron chi connectivity index (χ1n) is 4.52. The highest BCUT2D eigenvalue weighted by Crippen LogP contribution is 2.22. The molecule has 14 heavy (non-hydrogen) atoms. The summed E-state index contributed by atoms with van der Waals surface area (Å²) in [5.74, 6) is 0. The zero-order valence-corrected chi connectivity index (χ0v) is 10.8. The minimum atomic E-state index is 0.630. The highest BCUT2D eigenvalue weighted by atomic mass is 79.9. The van der Waals surface area contributed by atoms with Crippen molar-refractivity contribution in [3.63, 3.8) is 0 Å². The van der Waals surface area contributed by atoms with E-state index in [1.54, 1.807) is 11.3 Å². The molecule has 1 aliphatic carbocycles. The molecular formula is C9H11BrN2S2. The van der Waals surface area contributed by atoms with Gasteiger partial charge in [0.1, 0.15) is 0 Å². The molecule has 1 saturated carbocycles. The Morgan fingerprint density at radius 1 is 1.57 bits per heavy atom. The normalized spacial score (nSPS) is 15.2. The lowest BCUT2D eigenvalue weighted by molar-refractivity contribution is 0.836. The van der Waals surface area contributed by atoms with E-state index in [0.29, 0.717) is 6.04 Å². The van der Waals surface area contributed by atoms with Gasteiger partial charge in [-0.15, -0.1) is 11.3 Å². The molecule has 0 aliphatic heterocycles. The lowest BCUT2D eigenvalue weighted by Gasteiger charge is -2.07. The van der Waals surface area contributed by atoms with Crippen LogP contribution in [0.25, 0.3) is 0 Å². The van der Waals surface area contributed by atoms with Crippen LogP contribution >= 0.6 is 39.5 Å². The molecule has 0 bridgehead atoms. The van der Waals surface area contributed by atoms with Crippen LogP contribution in [0.1, 0.15) is 17.7 Å². The first kappa shape index (κ1) is 10.4. The lowest BCUT2D eigenvalue weighted by atomic mass is 10.5. The van der Waals surface area contributed by atoms with Gasteiger partial charge in [-0.25, -0.2) is 0 Å². The summed E-state index contributed by atoms with van der Waals surface area (Å²) in [5, 5.41) is 7.21. The molecule has 1 heterocycles. The van der Waals surface area contributed by atoms with Crippen molar-refractivity contribution < 1.29 is 0 Å². The Labute approximate surface area is 101 Å². The molecule has 0 saturated heterocycles. The molecule has 1 aromatic heterocycles. The molecule has 2 nitrogen and oxygen atoms in total. The fourth-order valence-electron chi connectivity index (χ4n) is 1.08. The van der Waals surface area contributed by atoms with Gasteiger partial charge in [-0.05, 0) is 53.1 Å². The van der Waals surface area contributed by atoms with E-state index >= 15 is 0 Å². The second-order valence-corrected chi connectivity index (χ2v) is 6.26. The third kappa shape index (κ3) is 3.22. The minimum Gasteiger partial charge on any atom is -0.360 e. The Morgan fingerprint density at radius 2 is 2.36 bits per heavy atom. The van der Waals surface area contributed by atoms with Crippen LogP contribution in [-0.4, -0.2) is 11.2 Å². The first-order valence-corrected chi connectivity index (χ1v) is 6.54. The second-order valence-electron chi connectivity index (χ2n) is 3.31. The maximum atomic E-state index is 5.15. The number of hydrogen-bond donors (Lipinski definition) is 2. The van der Waals surface area contributed by atoms with Crippen molar-refractivity contribution in [2.75, 3.05) is 0 Å². The van der Waals surface area contributed by atoms with Crippen LogP contribution in [0.5, 0.6) is 0 Å². The summed E-state index contributed by atoms with van der Waals surface area (Å²) in [6.45, 7) is 0.814. The summed E-state index contributed by atoms with van der Waals surface area (Å²) in [6, 6.07) is 4.78. The van der Waals surface area contributed by atoms with Gasteiger partial charge in [-0.3, -0.25) is 0 Å². The van der Waals surface area contributed by atoms with Crippen molar-refractivity contribution in [3.8, 4) is 0 Å². The fraction of sp³-hybridized carbons (Fsp3) is 0.444. The average Bonchev–Trinajstić information content (AvgIpc) is 2.85. The number of halogens is 1. The largest absolute Gasteiger partial charge is 0.360 e. The average molecular weight is 291 g/mol. The Hall–Kier alpha value is -0.130. The van der Waals surface area contributed by atoms with Gasteiger partial charge in [0.05, 0.1) is 10.3 Å². The molecule has 76 valence electrons. The maximum absolute atomic E-state index is 5.15. The Balaban J connectivity index is 1.73. The van der Waals surface area contributed by atoms with E-state index < -0.39 is 0 Å². The van der Waals surface area contributed by atoms with Gasteiger partial charge in [0.15, 0.2) is 5.11 Å². The van der Waals surface area contributed by atoms with Crippen LogP contribution in [-0.2, 0) is 6.54 Å². The van der Waals surface area contributed by atoms with E-state index in [-0.39, 0.29) is 0 Å². The molecular weight excluding hydrogens is 280 g/mol. The molecule has 0 aromatic carbocycles. The molecule has 5 heteroatoms. The van der Waals surface area contributed by atoms with Crippen LogP contribution in [0.3, 0.4) is 0 Å². The number of nitrogens with one attached hydrogen (secondary N) is 2. The smallest absolute Gasteiger partial charge is 0.166 e.